The van der Waals surface area contributed by atoms with E-state index >= 15 is 0 Å². The van der Waals surface area contributed by atoms with Gasteiger partial charge < -0.3 is 5.73 Å². The van der Waals surface area contributed by atoms with Crippen LogP contribution in [0.25, 0.3) is 6.08 Å². The molecule has 72 valence electrons. The number of nitrogens with zero attached hydrogens (tertiary/aromatic N) is 1. The van der Waals surface area contributed by atoms with Gasteiger partial charge in [-0.1, -0.05) is 6.08 Å². The minimum Gasteiger partial charge on any atom is -0.365 e. The van der Waals surface area contributed by atoms with Gasteiger partial charge in [-0.2, -0.15) is 0 Å². The van der Waals surface area contributed by atoms with E-state index in [9.17, 15) is 4.79 Å². The topological polar surface area (TPSA) is 47.0 Å². The lowest BCUT2D eigenvalue weighted by atomic mass is 10.00. The number of carbonyl (C=O) groups is 1. The second-order valence-corrected chi connectivity index (χ2v) is 3.56. The molecular formula is C11H13N2O+. The Kier molecular flexibility index (Phi) is 2.08. The molecule has 1 aliphatic carbocycles. The summed E-state index contributed by atoms with van der Waals surface area (Å²) in [6, 6.07) is 1.89. The van der Waals surface area contributed by atoms with Gasteiger partial charge >= 0.3 is 0 Å². The minimum atomic E-state index is -0.363. The van der Waals surface area contributed by atoms with Crippen LogP contribution in [0.1, 0.15) is 28.0 Å². The number of rotatable bonds is 1. The van der Waals surface area contributed by atoms with E-state index in [0.717, 1.165) is 12.8 Å². The Morgan fingerprint density at radius 1 is 1.57 bits per heavy atom. The molecule has 0 aromatic carbocycles. The van der Waals surface area contributed by atoms with Gasteiger partial charge in [-0.3, -0.25) is 4.79 Å². The number of pyridine rings is 1. The molecule has 0 saturated carbocycles. The van der Waals surface area contributed by atoms with Crippen molar-refractivity contribution in [3.05, 3.63) is 35.2 Å². The standard InChI is InChI=1S/C11H12N2O/c1-13-7-9(11(12)14)6-8-4-2-3-5-10(8)13/h3,5-7H,2,4H2,1H3,(H-,12,14)/p+1. The van der Waals surface area contributed by atoms with Crippen LogP contribution in [-0.2, 0) is 13.5 Å². The van der Waals surface area contributed by atoms with Crippen molar-refractivity contribution in [3.8, 4) is 0 Å². The van der Waals surface area contributed by atoms with E-state index in [0.29, 0.717) is 5.56 Å². The maximum atomic E-state index is 11.0. The highest BCUT2D eigenvalue weighted by molar-refractivity contribution is 5.92. The van der Waals surface area contributed by atoms with Gasteiger partial charge in [0.15, 0.2) is 6.20 Å². The molecule has 0 spiro atoms. The summed E-state index contributed by atoms with van der Waals surface area (Å²) >= 11 is 0. The molecular weight excluding hydrogens is 176 g/mol. The first-order valence-corrected chi connectivity index (χ1v) is 4.67. The van der Waals surface area contributed by atoms with Crippen LogP contribution in [0.5, 0.6) is 0 Å². The predicted molar refractivity (Wildman–Crippen MR) is 53.5 cm³/mol. The van der Waals surface area contributed by atoms with Crippen LogP contribution < -0.4 is 10.3 Å². The Labute approximate surface area is 82.9 Å². The first-order valence-electron chi connectivity index (χ1n) is 4.67. The van der Waals surface area contributed by atoms with Crippen molar-refractivity contribution in [2.24, 2.45) is 12.8 Å². The Hall–Kier alpha value is -1.64. The van der Waals surface area contributed by atoms with E-state index < -0.39 is 0 Å². The largest absolute Gasteiger partial charge is 0.365 e. The first-order chi connectivity index (χ1) is 6.68. The van der Waals surface area contributed by atoms with E-state index in [-0.39, 0.29) is 5.91 Å². The zero-order valence-electron chi connectivity index (χ0n) is 8.16. The highest BCUT2D eigenvalue weighted by Gasteiger charge is 2.17. The fourth-order valence-corrected chi connectivity index (χ4v) is 1.80. The summed E-state index contributed by atoms with van der Waals surface area (Å²) in [4.78, 5) is 11.0. The van der Waals surface area contributed by atoms with E-state index in [1.54, 1.807) is 6.20 Å². The molecule has 1 aromatic rings. The van der Waals surface area contributed by atoms with E-state index in [2.05, 4.69) is 12.2 Å². The van der Waals surface area contributed by atoms with Gasteiger partial charge in [0.1, 0.15) is 12.6 Å². The summed E-state index contributed by atoms with van der Waals surface area (Å²) in [7, 11) is 1.93. The van der Waals surface area contributed by atoms with Crippen LogP contribution in [-0.4, -0.2) is 5.91 Å². The van der Waals surface area contributed by atoms with Gasteiger partial charge in [0, 0.05) is 11.6 Å². The van der Waals surface area contributed by atoms with Gasteiger partial charge in [0.05, 0.1) is 0 Å². The third-order valence-corrected chi connectivity index (χ3v) is 2.51. The second-order valence-electron chi connectivity index (χ2n) is 3.56. The van der Waals surface area contributed by atoms with Crippen molar-refractivity contribution in [2.45, 2.75) is 12.8 Å². The number of hydrogen-bond acceptors (Lipinski definition) is 1. The molecule has 3 nitrogen and oxygen atoms in total. The van der Waals surface area contributed by atoms with Crippen LogP contribution >= 0.6 is 0 Å². The van der Waals surface area contributed by atoms with Crippen molar-refractivity contribution < 1.29 is 9.36 Å². The van der Waals surface area contributed by atoms with Crippen LogP contribution in [0.2, 0.25) is 0 Å². The highest BCUT2D eigenvalue weighted by Crippen LogP contribution is 2.16. The lowest BCUT2D eigenvalue weighted by Gasteiger charge is -2.08. The van der Waals surface area contributed by atoms with Crippen LogP contribution in [0, 0.1) is 0 Å². The first kappa shape index (κ1) is 8.94. The fourth-order valence-electron chi connectivity index (χ4n) is 1.80. The quantitative estimate of drug-likeness (QED) is 0.645. The van der Waals surface area contributed by atoms with Gasteiger partial charge in [-0.05, 0) is 18.9 Å². The Morgan fingerprint density at radius 2 is 2.36 bits per heavy atom. The number of aromatic nitrogens is 1. The molecule has 0 atom stereocenters. The van der Waals surface area contributed by atoms with Crippen molar-refractivity contribution in [1.29, 1.82) is 0 Å². The third kappa shape index (κ3) is 1.41. The summed E-state index contributed by atoms with van der Waals surface area (Å²) in [5.74, 6) is -0.363. The number of hydrogen-bond donors (Lipinski definition) is 1. The van der Waals surface area contributed by atoms with Gasteiger partial charge in [0.25, 0.3) is 5.91 Å². The molecule has 1 amide bonds. The van der Waals surface area contributed by atoms with Crippen molar-refractivity contribution in [1.82, 2.24) is 0 Å². The molecule has 2 rings (SSSR count). The van der Waals surface area contributed by atoms with Gasteiger partial charge in [-0.25, -0.2) is 4.57 Å². The third-order valence-electron chi connectivity index (χ3n) is 2.51. The summed E-state index contributed by atoms with van der Waals surface area (Å²) in [6.07, 6.45) is 8.03. The molecule has 3 heteroatoms. The Balaban J connectivity index is 2.58. The molecule has 0 fully saturated rings. The second kappa shape index (κ2) is 3.25. The van der Waals surface area contributed by atoms with Crippen LogP contribution in [0.3, 0.4) is 0 Å². The normalized spacial score (nSPS) is 13.8. The number of fused-ring (bicyclic) bond motifs is 1. The maximum Gasteiger partial charge on any atom is 0.254 e. The minimum absolute atomic E-state index is 0.363. The molecule has 0 unspecified atom stereocenters. The zero-order chi connectivity index (χ0) is 10.1. The molecule has 1 aromatic heterocycles. The van der Waals surface area contributed by atoms with E-state index in [1.165, 1.54) is 11.3 Å². The number of aryl methyl sites for hydroxylation is 2. The molecule has 1 aliphatic rings. The van der Waals surface area contributed by atoms with E-state index in [4.69, 9.17) is 5.73 Å². The van der Waals surface area contributed by atoms with Crippen molar-refractivity contribution in [3.63, 3.8) is 0 Å². The SMILES string of the molecule is C[n+]1cc(C(N)=O)cc2c1C=CCC2. The van der Waals surface area contributed by atoms with E-state index in [1.807, 2.05) is 17.7 Å². The van der Waals surface area contributed by atoms with Crippen molar-refractivity contribution >= 4 is 12.0 Å². The molecule has 0 bridgehead atoms. The smallest absolute Gasteiger partial charge is 0.254 e. The van der Waals surface area contributed by atoms with Crippen LogP contribution in [0.15, 0.2) is 18.3 Å². The predicted octanol–water partition coefficient (Wildman–Crippen LogP) is 0.569. The van der Waals surface area contributed by atoms with Gasteiger partial charge in [-0.15, -0.1) is 0 Å². The molecule has 14 heavy (non-hydrogen) atoms. The maximum absolute atomic E-state index is 11.0. The Morgan fingerprint density at radius 3 is 3.07 bits per heavy atom. The summed E-state index contributed by atoms with van der Waals surface area (Å²) in [6.45, 7) is 0. The lowest BCUT2D eigenvalue weighted by Crippen LogP contribution is -2.35. The molecule has 0 aliphatic heterocycles. The lowest BCUT2D eigenvalue weighted by molar-refractivity contribution is -0.673. The highest BCUT2D eigenvalue weighted by atomic mass is 16.1. The number of nitrogens with two attached hydrogens (primary N) is 1. The van der Waals surface area contributed by atoms with Crippen LogP contribution in [0.4, 0.5) is 0 Å². The number of carbonyl (C=O) groups excluding carboxylic acids is 1. The molecule has 2 N–H and O–H groups in total. The molecule has 1 heterocycles. The fraction of sp³-hybridized carbons (Fsp3) is 0.273. The summed E-state index contributed by atoms with van der Waals surface area (Å²) in [5, 5.41) is 0. The number of amides is 1. The molecule has 0 saturated heterocycles. The average molecular weight is 189 g/mol. The molecule has 0 radical (unpaired) electrons. The van der Waals surface area contributed by atoms with Crippen molar-refractivity contribution in [2.75, 3.05) is 0 Å². The number of allylic oxidation sites excluding steroid dienone is 1. The average Bonchev–Trinajstić information content (AvgIpc) is 2.17. The number of primary amides is 1. The zero-order valence-corrected chi connectivity index (χ0v) is 8.16. The monoisotopic (exact) mass is 189 g/mol. The Bertz CT molecular complexity index is 422. The summed E-state index contributed by atoms with van der Waals surface area (Å²) in [5.41, 5.74) is 8.20. The summed E-state index contributed by atoms with van der Waals surface area (Å²) < 4.78 is 1.95. The van der Waals surface area contributed by atoms with Gasteiger partial charge in [0.2, 0.25) is 5.69 Å².